The molecule has 0 N–H and O–H groups in total. The van der Waals surface area contributed by atoms with Gasteiger partial charge >= 0.3 is 12.1 Å². The lowest BCUT2D eigenvalue weighted by molar-refractivity contribution is -0.137. The Balaban J connectivity index is 1.86. The molecule has 0 saturated carbocycles. The minimum Gasteiger partial charge on any atom is -0.403 e. The fourth-order valence-electron chi connectivity index (χ4n) is 3.13. The summed E-state index contributed by atoms with van der Waals surface area (Å²) in [5.74, 6) is -1.95. The lowest BCUT2D eigenvalue weighted by atomic mass is 10.2. The standard InChI is InChI=1S/C19H11Cl2F3N2O4S/c20-13-6-11(19(22,23)24)7-14(21)16(13)26-17(12-8-31(28,29)9-15(12)25-26)30-18(27)10-4-2-1-3-5-10/h1-7H,8-9H2. The molecule has 1 aromatic heterocycles. The van der Waals surface area contributed by atoms with E-state index in [2.05, 4.69) is 5.10 Å². The highest BCUT2D eigenvalue weighted by Crippen LogP contribution is 2.41. The number of hydrogen-bond acceptors (Lipinski definition) is 5. The summed E-state index contributed by atoms with van der Waals surface area (Å²) in [4.78, 5) is 12.6. The van der Waals surface area contributed by atoms with E-state index in [1.54, 1.807) is 18.2 Å². The van der Waals surface area contributed by atoms with Crippen molar-refractivity contribution in [1.82, 2.24) is 9.78 Å². The molecule has 6 nitrogen and oxygen atoms in total. The van der Waals surface area contributed by atoms with Crippen LogP contribution >= 0.6 is 23.2 Å². The first-order chi connectivity index (χ1) is 14.5. The van der Waals surface area contributed by atoms with Gasteiger partial charge in [0.1, 0.15) is 5.69 Å². The third kappa shape index (κ3) is 4.15. The van der Waals surface area contributed by atoms with E-state index >= 15 is 0 Å². The molecule has 162 valence electrons. The zero-order valence-electron chi connectivity index (χ0n) is 15.3. The Morgan fingerprint density at radius 2 is 1.68 bits per heavy atom. The van der Waals surface area contributed by atoms with Gasteiger partial charge in [0.2, 0.25) is 5.88 Å². The molecule has 4 rings (SSSR count). The minimum atomic E-state index is -4.69. The van der Waals surface area contributed by atoms with Gasteiger partial charge in [0.25, 0.3) is 0 Å². The number of esters is 1. The monoisotopic (exact) mass is 490 g/mol. The predicted molar refractivity (Wildman–Crippen MR) is 106 cm³/mol. The van der Waals surface area contributed by atoms with Crippen LogP contribution in [0.5, 0.6) is 5.88 Å². The fraction of sp³-hybridized carbons (Fsp3) is 0.158. The Morgan fingerprint density at radius 1 is 1.06 bits per heavy atom. The molecule has 0 aliphatic carbocycles. The molecule has 2 heterocycles. The van der Waals surface area contributed by atoms with Crippen molar-refractivity contribution in [3.05, 3.63) is 74.9 Å². The number of nitrogens with zero attached hydrogens (tertiary/aromatic N) is 2. The van der Waals surface area contributed by atoms with Gasteiger partial charge in [-0.2, -0.15) is 23.0 Å². The van der Waals surface area contributed by atoms with Gasteiger partial charge in [-0.3, -0.25) is 0 Å². The van der Waals surface area contributed by atoms with Crippen LogP contribution in [-0.4, -0.2) is 24.2 Å². The van der Waals surface area contributed by atoms with Crippen molar-refractivity contribution >= 4 is 39.0 Å². The van der Waals surface area contributed by atoms with Crippen molar-refractivity contribution in [2.24, 2.45) is 0 Å². The maximum absolute atomic E-state index is 13.1. The molecule has 1 aliphatic heterocycles. The van der Waals surface area contributed by atoms with Crippen molar-refractivity contribution < 1.29 is 31.1 Å². The fourth-order valence-corrected chi connectivity index (χ4v) is 5.25. The minimum absolute atomic E-state index is 0.0999. The summed E-state index contributed by atoms with van der Waals surface area (Å²) in [6, 6.07) is 9.19. The largest absolute Gasteiger partial charge is 0.416 e. The lowest BCUT2D eigenvalue weighted by Crippen LogP contribution is -2.14. The summed E-state index contributed by atoms with van der Waals surface area (Å²) in [6.45, 7) is 0. The predicted octanol–water partition coefficient (Wildman–Crippen LogP) is 4.85. The van der Waals surface area contributed by atoms with E-state index in [0.29, 0.717) is 12.1 Å². The smallest absolute Gasteiger partial charge is 0.403 e. The second-order valence-corrected chi connectivity index (χ2v) is 9.60. The maximum atomic E-state index is 13.1. The number of hydrogen-bond donors (Lipinski definition) is 0. The number of benzene rings is 2. The normalized spacial score (nSPS) is 15.0. The third-order valence-electron chi connectivity index (χ3n) is 4.50. The quantitative estimate of drug-likeness (QED) is 0.490. The molecular formula is C19H11Cl2F3N2O4S. The molecule has 31 heavy (non-hydrogen) atoms. The first-order valence-corrected chi connectivity index (χ1v) is 11.2. The Kier molecular flexibility index (Phi) is 5.27. The first-order valence-electron chi connectivity index (χ1n) is 8.61. The number of rotatable bonds is 3. The zero-order valence-corrected chi connectivity index (χ0v) is 17.6. The molecule has 0 fully saturated rings. The third-order valence-corrected chi connectivity index (χ3v) is 6.51. The van der Waals surface area contributed by atoms with E-state index in [1.807, 2.05) is 0 Å². The van der Waals surface area contributed by atoms with Crippen LogP contribution in [0.2, 0.25) is 10.0 Å². The highest BCUT2D eigenvalue weighted by atomic mass is 35.5. The molecule has 0 radical (unpaired) electrons. The number of aromatic nitrogens is 2. The molecule has 0 unspecified atom stereocenters. The molecule has 3 aromatic rings. The van der Waals surface area contributed by atoms with Gasteiger partial charge in [0, 0.05) is 0 Å². The number of halogens is 5. The lowest BCUT2D eigenvalue weighted by Gasteiger charge is -2.15. The van der Waals surface area contributed by atoms with E-state index in [9.17, 15) is 26.4 Å². The molecular weight excluding hydrogens is 480 g/mol. The molecule has 1 aliphatic rings. The van der Waals surface area contributed by atoms with Crippen molar-refractivity contribution in [1.29, 1.82) is 0 Å². The van der Waals surface area contributed by atoms with E-state index < -0.39 is 49.1 Å². The second-order valence-electron chi connectivity index (χ2n) is 6.72. The van der Waals surface area contributed by atoms with Gasteiger partial charge in [0.15, 0.2) is 9.84 Å². The van der Waals surface area contributed by atoms with E-state index in [0.717, 1.165) is 4.68 Å². The number of carbonyl (C=O) groups excluding carboxylic acids is 1. The number of ether oxygens (including phenoxy) is 1. The van der Waals surface area contributed by atoms with Crippen LogP contribution in [0.15, 0.2) is 42.5 Å². The molecule has 0 amide bonds. The number of sulfone groups is 1. The summed E-state index contributed by atoms with van der Waals surface area (Å²) in [5.41, 5.74) is -0.843. The molecule has 0 spiro atoms. The highest BCUT2D eigenvalue weighted by Gasteiger charge is 2.37. The number of carbonyl (C=O) groups is 1. The highest BCUT2D eigenvalue weighted by molar-refractivity contribution is 7.90. The van der Waals surface area contributed by atoms with Crippen molar-refractivity contribution in [3.63, 3.8) is 0 Å². The SMILES string of the molecule is O=C(Oc1c2c(nn1-c1c(Cl)cc(C(F)(F)F)cc1Cl)CS(=O)(=O)C2)c1ccccc1. The Hall–Kier alpha value is -2.56. The van der Waals surface area contributed by atoms with Crippen LogP contribution in [0.3, 0.4) is 0 Å². The first kappa shape index (κ1) is 21.7. The molecule has 0 bridgehead atoms. The average molecular weight is 491 g/mol. The van der Waals surface area contributed by atoms with Crippen LogP contribution < -0.4 is 4.74 Å². The average Bonchev–Trinajstić information content (AvgIpc) is 3.13. The van der Waals surface area contributed by atoms with Crippen LogP contribution in [0.1, 0.15) is 27.2 Å². The van der Waals surface area contributed by atoms with Gasteiger partial charge in [-0.05, 0) is 24.3 Å². The van der Waals surface area contributed by atoms with Crippen molar-refractivity contribution in [2.75, 3.05) is 0 Å². The molecule has 12 heteroatoms. The molecule has 0 atom stereocenters. The summed E-state index contributed by atoms with van der Waals surface area (Å²) in [7, 11) is -3.51. The molecule has 2 aromatic carbocycles. The summed E-state index contributed by atoms with van der Waals surface area (Å²) < 4.78 is 69.6. The Morgan fingerprint density at radius 3 is 2.26 bits per heavy atom. The Bertz CT molecular complexity index is 1280. The summed E-state index contributed by atoms with van der Waals surface area (Å²) >= 11 is 12.2. The van der Waals surface area contributed by atoms with Crippen molar-refractivity contribution in [3.8, 4) is 11.6 Å². The van der Waals surface area contributed by atoms with Crippen LogP contribution in [0, 0.1) is 0 Å². The van der Waals surface area contributed by atoms with E-state index in [4.69, 9.17) is 27.9 Å². The van der Waals surface area contributed by atoms with Crippen LogP contribution in [0.4, 0.5) is 13.2 Å². The van der Waals surface area contributed by atoms with Gasteiger partial charge < -0.3 is 4.74 Å². The molecule has 0 saturated heterocycles. The van der Waals surface area contributed by atoms with E-state index in [1.165, 1.54) is 12.1 Å². The van der Waals surface area contributed by atoms with E-state index in [-0.39, 0.29) is 28.4 Å². The summed E-state index contributed by atoms with van der Waals surface area (Å²) in [5, 5.41) is 3.32. The van der Waals surface area contributed by atoms with Gasteiger partial charge in [-0.15, -0.1) is 0 Å². The zero-order chi connectivity index (χ0) is 22.6. The van der Waals surface area contributed by atoms with Crippen molar-refractivity contribution in [2.45, 2.75) is 17.7 Å². The second kappa shape index (κ2) is 7.54. The number of alkyl halides is 3. The van der Waals surface area contributed by atoms with Crippen LogP contribution in [0.25, 0.3) is 5.69 Å². The number of fused-ring (bicyclic) bond motifs is 1. The Labute approximate surface area is 184 Å². The topological polar surface area (TPSA) is 78.3 Å². The van der Waals surface area contributed by atoms with Gasteiger partial charge in [0.05, 0.1) is 43.9 Å². The maximum Gasteiger partial charge on any atom is 0.416 e. The van der Waals surface area contributed by atoms with Gasteiger partial charge in [-0.25, -0.2) is 13.2 Å². The summed E-state index contributed by atoms with van der Waals surface area (Å²) in [6.07, 6.45) is -4.69. The van der Waals surface area contributed by atoms with Gasteiger partial charge in [-0.1, -0.05) is 41.4 Å². The van der Waals surface area contributed by atoms with Crippen LogP contribution in [-0.2, 0) is 27.5 Å².